The Morgan fingerprint density at radius 3 is 2.57 bits per heavy atom. The second kappa shape index (κ2) is 6.11. The van der Waals surface area contributed by atoms with Gasteiger partial charge in [0.15, 0.2) is 17.7 Å². The number of fused-ring (bicyclic) bond motifs is 1. The molecule has 7 heteroatoms. The number of carbonyl (C=O) groups excluding carboxylic acids is 1. The molecule has 23 heavy (non-hydrogen) atoms. The van der Waals surface area contributed by atoms with E-state index in [1.165, 1.54) is 11.0 Å². The lowest BCUT2D eigenvalue weighted by molar-refractivity contribution is -0.142. The lowest BCUT2D eigenvalue weighted by Crippen LogP contribution is -2.52. The van der Waals surface area contributed by atoms with Crippen LogP contribution in [-0.4, -0.2) is 49.4 Å². The van der Waals surface area contributed by atoms with Crippen LogP contribution in [0, 0.1) is 5.82 Å². The van der Waals surface area contributed by atoms with Gasteiger partial charge in [-0.1, -0.05) is 12.1 Å². The molecule has 1 heterocycles. The summed E-state index contributed by atoms with van der Waals surface area (Å²) < 4.78 is 42.1. The second-order valence-corrected chi connectivity index (χ2v) is 9.09. The lowest BCUT2D eigenvalue weighted by atomic mass is 10.0. The number of rotatable bonds is 4. The third-order valence-electron chi connectivity index (χ3n) is 3.75. The third-order valence-corrected chi connectivity index (χ3v) is 4.68. The molecule has 1 aromatic rings. The predicted molar refractivity (Wildman–Crippen MR) is 85.7 cm³/mol. The fraction of sp³-hybridized carbons (Fsp3) is 0.562. The number of nitrogens with zero attached hydrogens (tertiary/aromatic N) is 1. The van der Waals surface area contributed by atoms with E-state index < -0.39 is 27.3 Å². The molecular weight excluding hydrogens is 321 g/mol. The molecule has 1 amide bonds. The van der Waals surface area contributed by atoms with E-state index >= 15 is 0 Å². The molecule has 0 saturated carbocycles. The molecule has 0 N–H and O–H groups in total. The van der Waals surface area contributed by atoms with E-state index in [2.05, 4.69) is 0 Å². The predicted octanol–water partition coefficient (Wildman–Crippen LogP) is 1.80. The normalized spacial score (nSPS) is 17.5. The van der Waals surface area contributed by atoms with Gasteiger partial charge in [0.05, 0.1) is 5.75 Å². The van der Waals surface area contributed by atoms with Crippen LogP contribution in [0.1, 0.15) is 26.3 Å². The van der Waals surface area contributed by atoms with Crippen molar-refractivity contribution in [3.8, 4) is 5.75 Å². The van der Waals surface area contributed by atoms with E-state index in [-0.39, 0.29) is 30.4 Å². The SMILES string of the molecule is CC(C)(C)N(CCS(C)(=O)=O)C(=O)[C@@H]1Cc2cccc(F)c2O1. The van der Waals surface area contributed by atoms with Gasteiger partial charge in [-0.15, -0.1) is 0 Å². The van der Waals surface area contributed by atoms with Crippen LogP contribution in [0.3, 0.4) is 0 Å². The van der Waals surface area contributed by atoms with E-state index in [4.69, 9.17) is 4.74 Å². The highest BCUT2D eigenvalue weighted by atomic mass is 32.2. The van der Waals surface area contributed by atoms with Gasteiger partial charge in [-0.2, -0.15) is 0 Å². The largest absolute Gasteiger partial charge is 0.477 e. The molecule has 0 aliphatic carbocycles. The second-order valence-electron chi connectivity index (χ2n) is 6.83. The number of hydrogen-bond acceptors (Lipinski definition) is 4. The summed E-state index contributed by atoms with van der Waals surface area (Å²) in [5.74, 6) is -0.819. The van der Waals surface area contributed by atoms with Crippen molar-refractivity contribution in [3.05, 3.63) is 29.6 Å². The van der Waals surface area contributed by atoms with E-state index in [1.54, 1.807) is 12.1 Å². The average molecular weight is 343 g/mol. The molecule has 0 bridgehead atoms. The van der Waals surface area contributed by atoms with Crippen LogP contribution < -0.4 is 4.74 Å². The van der Waals surface area contributed by atoms with Crippen LogP contribution in [0.5, 0.6) is 5.75 Å². The van der Waals surface area contributed by atoms with Gasteiger partial charge in [-0.3, -0.25) is 4.79 Å². The summed E-state index contributed by atoms with van der Waals surface area (Å²) in [4.78, 5) is 14.3. The van der Waals surface area contributed by atoms with Crippen LogP contribution in [0.4, 0.5) is 4.39 Å². The Kier molecular flexibility index (Phi) is 4.71. The van der Waals surface area contributed by atoms with Gasteiger partial charge < -0.3 is 9.64 Å². The van der Waals surface area contributed by atoms with Gasteiger partial charge in [-0.25, -0.2) is 12.8 Å². The van der Waals surface area contributed by atoms with Crippen LogP contribution >= 0.6 is 0 Å². The first-order valence-corrected chi connectivity index (χ1v) is 9.48. The number of amides is 1. The van der Waals surface area contributed by atoms with E-state index in [0.29, 0.717) is 5.56 Å². The van der Waals surface area contributed by atoms with Crippen molar-refractivity contribution < 1.29 is 22.3 Å². The van der Waals surface area contributed by atoms with Gasteiger partial charge in [0, 0.05) is 30.3 Å². The molecule has 0 aromatic heterocycles. The van der Waals surface area contributed by atoms with E-state index in [1.807, 2.05) is 20.8 Å². The number of halogens is 1. The Bertz CT molecular complexity index is 709. The van der Waals surface area contributed by atoms with Crippen molar-refractivity contribution in [2.24, 2.45) is 0 Å². The summed E-state index contributed by atoms with van der Waals surface area (Å²) in [6, 6.07) is 4.59. The first kappa shape index (κ1) is 17.7. The maximum Gasteiger partial charge on any atom is 0.264 e. The highest BCUT2D eigenvalue weighted by Gasteiger charge is 2.37. The van der Waals surface area contributed by atoms with Crippen molar-refractivity contribution in [3.63, 3.8) is 0 Å². The molecule has 0 unspecified atom stereocenters. The van der Waals surface area contributed by atoms with Crippen molar-refractivity contribution in [2.45, 2.75) is 38.8 Å². The minimum absolute atomic E-state index is 0.0832. The highest BCUT2D eigenvalue weighted by molar-refractivity contribution is 7.90. The zero-order valence-corrected chi connectivity index (χ0v) is 14.6. The van der Waals surface area contributed by atoms with Crippen LogP contribution in [0.2, 0.25) is 0 Å². The van der Waals surface area contributed by atoms with Crippen molar-refractivity contribution in [1.29, 1.82) is 0 Å². The van der Waals surface area contributed by atoms with Gasteiger partial charge in [-0.05, 0) is 26.8 Å². The Labute approximate surface area is 136 Å². The molecule has 1 aliphatic rings. The summed E-state index contributed by atoms with van der Waals surface area (Å²) in [6.45, 7) is 5.57. The minimum atomic E-state index is -3.19. The monoisotopic (exact) mass is 343 g/mol. The van der Waals surface area contributed by atoms with Crippen molar-refractivity contribution in [2.75, 3.05) is 18.6 Å². The molecule has 1 aromatic carbocycles. The molecule has 0 radical (unpaired) electrons. The molecule has 128 valence electrons. The standard InChI is InChI=1S/C16H22FNO4S/c1-16(2,3)18(8-9-23(4,20)21)15(19)13-10-11-6-5-7-12(17)14(11)22-13/h5-7,13H,8-10H2,1-4H3/t13-/m0/s1. The van der Waals surface area contributed by atoms with Gasteiger partial charge in [0.25, 0.3) is 5.91 Å². The number of sulfone groups is 1. The number of carbonyl (C=O) groups is 1. The zero-order valence-electron chi connectivity index (χ0n) is 13.8. The van der Waals surface area contributed by atoms with Gasteiger partial charge in [0.1, 0.15) is 9.84 Å². The molecule has 2 rings (SSSR count). The van der Waals surface area contributed by atoms with Crippen molar-refractivity contribution in [1.82, 2.24) is 4.90 Å². The van der Waals surface area contributed by atoms with E-state index in [9.17, 15) is 17.6 Å². The van der Waals surface area contributed by atoms with Crippen molar-refractivity contribution >= 4 is 15.7 Å². The maximum absolute atomic E-state index is 13.7. The fourth-order valence-electron chi connectivity index (χ4n) is 2.57. The summed E-state index contributed by atoms with van der Waals surface area (Å²) in [7, 11) is -3.19. The summed E-state index contributed by atoms with van der Waals surface area (Å²) in [5, 5.41) is 0. The number of para-hydroxylation sites is 1. The zero-order chi connectivity index (χ0) is 17.4. The Morgan fingerprint density at radius 2 is 2.04 bits per heavy atom. The lowest BCUT2D eigenvalue weighted by Gasteiger charge is -2.37. The Balaban J connectivity index is 2.18. The smallest absolute Gasteiger partial charge is 0.264 e. The maximum atomic E-state index is 13.7. The summed E-state index contributed by atoms with van der Waals surface area (Å²) in [6.07, 6.45) is 0.605. The summed E-state index contributed by atoms with van der Waals surface area (Å²) >= 11 is 0. The third kappa shape index (κ3) is 4.22. The molecular formula is C16H22FNO4S. The van der Waals surface area contributed by atoms with E-state index in [0.717, 1.165) is 6.26 Å². The van der Waals surface area contributed by atoms with Gasteiger partial charge >= 0.3 is 0 Å². The highest BCUT2D eigenvalue weighted by Crippen LogP contribution is 2.32. The number of benzene rings is 1. The fourth-order valence-corrected chi connectivity index (χ4v) is 3.09. The molecule has 0 spiro atoms. The Hall–Kier alpha value is -1.63. The molecule has 5 nitrogen and oxygen atoms in total. The number of ether oxygens (including phenoxy) is 1. The first-order chi connectivity index (χ1) is 10.5. The Morgan fingerprint density at radius 1 is 1.39 bits per heavy atom. The van der Waals surface area contributed by atoms with Crippen LogP contribution in [-0.2, 0) is 21.1 Å². The van der Waals surface area contributed by atoms with Gasteiger partial charge in [0.2, 0.25) is 0 Å². The average Bonchev–Trinajstić information content (AvgIpc) is 2.81. The number of hydrogen-bond donors (Lipinski definition) is 0. The molecule has 1 aliphatic heterocycles. The topological polar surface area (TPSA) is 63.7 Å². The quantitative estimate of drug-likeness (QED) is 0.836. The van der Waals surface area contributed by atoms with Crippen LogP contribution in [0.25, 0.3) is 0 Å². The molecule has 1 atom stereocenters. The molecule has 0 fully saturated rings. The first-order valence-electron chi connectivity index (χ1n) is 7.42. The molecule has 0 saturated heterocycles. The summed E-state index contributed by atoms with van der Waals surface area (Å²) in [5.41, 5.74) is 0.0960. The minimum Gasteiger partial charge on any atom is -0.477 e. The van der Waals surface area contributed by atoms with Crippen LogP contribution in [0.15, 0.2) is 18.2 Å².